The number of piperidine rings is 1. The Morgan fingerprint density at radius 2 is 1.81 bits per heavy atom. The summed E-state index contributed by atoms with van der Waals surface area (Å²) in [6, 6.07) is 8.78. The molecule has 1 aromatic carbocycles. The van der Waals surface area contributed by atoms with Gasteiger partial charge in [0, 0.05) is 12.6 Å². The molecule has 8 heteroatoms. The van der Waals surface area contributed by atoms with Crippen LogP contribution in [0.1, 0.15) is 57.9 Å². The van der Waals surface area contributed by atoms with E-state index in [-0.39, 0.29) is 24.8 Å². The second-order valence-corrected chi connectivity index (χ2v) is 11.3. The van der Waals surface area contributed by atoms with Crippen molar-refractivity contribution in [1.29, 1.82) is 0 Å². The molecule has 1 aliphatic carbocycles. The Balaban J connectivity index is 1.63. The third-order valence-electron chi connectivity index (χ3n) is 6.75. The monoisotopic (exact) mass is 466 g/mol. The molecule has 180 valence electrons. The van der Waals surface area contributed by atoms with E-state index in [0.29, 0.717) is 31.9 Å². The van der Waals surface area contributed by atoms with Crippen LogP contribution in [0.25, 0.3) is 0 Å². The van der Waals surface area contributed by atoms with Gasteiger partial charge in [-0.2, -0.15) is 0 Å². The van der Waals surface area contributed by atoms with Crippen LogP contribution < -0.4 is 4.72 Å². The minimum Gasteiger partial charge on any atom is -0.445 e. The molecule has 2 atom stereocenters. The highest BCUT2D eigenvalue weighted by Crippen LogP contribution is 2.32. The third-order valence-corrected chi connectivity index (χ3v) is 7.48. The Labute approximate surface area is 192 Å². The first-order valence-electron chi connectivity index (χ1n) is 11.8. The van der Waals surface area contributed by atoms with Crippen LogP contribution in [0.3, 0.4) is 0 Å². The number of nitrogens with zero attached hydrogens (tertiary/aromatic N) is 1. The molecular formula is C24H38N2O5S. The molecule has 0 aromatic heterocycles. The molecule has 2 aliphatic rings. The minimum absolute atomic E-state index is 0.160. The van der Waals surface area contributed by atoms with E-state index < -0.39 is 16.1 Å². The van der Waals surface area contributed by atoms with Crippen molar-refractivity contribution in [3.8, 4) is 0 Å². The minimum atomic E-state index is -3.41. The molecule has 1 saturated carbocycles. The normalized spacial score (nSPS) is 26.8. The largest absolute Gasteiger partial charge is 0.445 e. The summed E-state index contributed by atoms with van der Waals surface area (Å²) in [4.78, 5) is 14.6. The van der Waals surface area contributed by atoms with E-state index in [1.807, 2.05) is 30.3 Å². The summed E-state index contributed by atoms with van der Waals surface area (Å²) in [5, 5.41) is 0. The zero-order chi connectivity index (χ0) is 23.1. The van der Waals surface area contributed by atoms with Gasteiger partial charge in [0.2, 0.25) is 10.0 Å². The number of likely N-dealkylation sites (tertiary alicyclic amines) is 1. The van der Waals surface area contributed by atoms with Crippen LogP contribution in [0.5, 0.6) is 0 Å². The molecule has 32 heavy (non-hydrogen) atoms. The van der Waals surface area contributed by atoms with Crippen molar-refractivity contribution in [3.05, 3.63) is 35.9 Å². The van der Waals surface area contributed by atoms with Crippen LogP contribution in [0, 0.1) is 11.8 Å². The fourth-order valence-electron chi connectivity index (χ4n) is 4.86. The quantitative estimate of drug-likeness (QED) is 0.627. The van der Waals surface area contributed by atoms with Gasteiger partial charge in [0.1, 0.15) is 6.61 Å². The number of carbonyl (C=O) groups excluding carboxylic acids is 1. The van der Waals surface area contributed by atoms with Crippen LogP contribution in [-0.2, 0) is 26.1 Å². The fraction of sp³-hybridized carbons (Fsp3) is 0.708. The van der Waals surface area contributed by atoms with Crippen LogP contribution >= 0.6 is 0 Å². The van der Waals surface area contributed by atoms with Gasteiger partial charge in [-0.25, -0.2) is 17.9 Å². The van der Waals surface area contributed by atoms with Crippen molar-refractivity contribution in [1.82, 2.24) is 9.62 Å². The summed E-state index contributed by atoms with van der Waals surface area (Å²) in [5.41, 5.74) is 0.915. The lowest BCUT2D eigenvalue weighted by Crippen LogP contribution is -2.59. The standard InChI is InChI=1S/C24H38N2O5S/c1-18(2)20-11-13-21(14-12-20)30-17-23-22(25-32(3,28)29)10-7-15-26(23)24(27)31-16-19-8-5-4-6-9-19/h4-6,8-9,18,20-23,25H,7,10-17H2,1-3H3/t20-,21+,22-,23-/m0/s1. The molecule has 0 radical (unpaired) electrons. The number of carbonyl (C=O) groups is 1. The van der Waals surface area contributed by atoms with Crippen molar-refractivity contribution in [3.63, 3.8) is 0 Å². The third kappa shape index (κ3) is 7.46. The Morgan fingerprint density at radius 1 is 1.12 bits per heavy atom. The SMILES string of the molecule is CC(C)[C@H]1CC[C@@H](OC[C@H]2[C@@H](NS(C)(=O)=O)CCCN2C(=O)OCc2ccccc2)CC1. The molecule has 1 aliphatic heterocycles. The first kappa shape index (κ1) is 25.0. The predicted octanol–water partition coefficient (Wildman–Crippen LogP) is 3.94. The highest BCUT2D eigenvalue weighted by Gasteiger charge is 2.37. The number of rotatable bonds is 8. The number of amides is 1. The summed E-state index contributed by atoms with van der Waals surface area (Å²) in [6.07, 6.45) is 6.61. The van der Waals surface area contributed by atoms with E-state index >= 15 is 0 Å². The summed E-state index contributed by atoms with van der Waals surface area (Å²) in [7, 11) is -3.41. The lowest BCUT2D eigenvalue weighted by molar-refractivity contribution is -0.0327. The zero-order valence-corrected chi connectivity index (χ0v) is 20.4. The van der Waals surface area contributed by atoms with Crippen molar-refractivity contribution >= 4 is 16.1 Å². The Morgan fingerprint density at radius 3 is 2.44 bits per heavy atom. The molecule has 1 heterocycles. The first-order chi connectivity index (χ1) is 15.2. The number of sulfonamides is 1. The van der Waals surface area contributed by atoms with Gasteiger partial charge in [0.15, 0.2) is 0 Å². The molecular weight excluding hydrogens is 428 g/mol. The number of ether oxygens (including phenoxy) is 2. The van der Waals surface area contributed by atoms with Crippen LogP contribution in [0.15, 0.2) is 30.3 Å². The predicted molar refractivity (Wildman–Crippen MR) is 125 cm³/mol. The molecule has 1 aromatic rings. The van der Waals surface area contributed by atoms with Gasteiger partial charge in [-0.3, -0.25) is 0 Å². The lowest BCUT2D eigenvalue weighted by atomic mass is 9.80. The maximum atomic E-state index is 12.9. The van der Waals surface area contributed by atoms with E-state index in [0.717, 1.165) is 43.4 Å². The van der Waals surface area contributed by atoms with Gasteiger partial charge >= 0.3 is 6.09 Å². The van der Waals surface area contributed by atoms with E-state index in [1.54, 1.807) is 4.90 Å². The summed E-state index contributed by atoms with van der Waals surface area (Å²) in [5.74, 6) is 1.43. The van der Waals surface area contributed by atoms with Crippen molar-refractivity contribution in [2.24, 2.45) is 11.8 Å². The second-order valence-electron chi connectivity index (χ2n) is 9.55. The second kappa shape index (κ2) is 11.5. The van der Waals surface area contributed by atoms with Gasteiger partial charge in [-0.15, -0.1) is 0 Å². The highest BCUT2D eigenvalue weighted by molar-refractivity contribution is 7.88. The molecule has 1 amide bonds. The average Bonchev–Trinajstić information content (AvgIpc) is 2.76. The topological polar surface area (TPSA) is 84.9 Å². The number of hydrogen-bond acceptors (Lipinski definition) is 5. The Kier molecular flexibility index (Phi) is 8.96. The van der Waals surface area contributed by atoms with Gasteiger partial charge < -0.3 is 14.4 Å². The van der Waals surface area contributed by atoms with Crippen molar-refractivity contribution < 1.29 is 22.7 Å². The number of benzene rings is 1. The molecule has 0 unspecified atom stereocenters. The molecule has 0 bridgehead atoms. The van der Waals surface area contributed by atoms with Gasteiger partial charge in [0.25, 0.3) is 0 Å². The van der Waals surface area contributed by atoms with Gasteiger partial charge in [-0.05, 0) is 55.9 Å². The molecule has 1 N–H and O–H groups in total. The smallest absolute Gasteiger partial charge is 0.410 e. The maximum Gasteiger partial charge on any atom is 0.410 e. The molecule has 1 saturated heterocycles. The molecule has 2 fully saturated rings. The average molecular weight is 467 g/mol. The van der Waals surface area contributed by atoms with E-state index in [2.05, 4.69) is 18.6 Å². The summed E-state index contributed by atoms with van der Waals surface area (Å²) in [6.45, 7) is 5.57. The molecule has 3 rings (SSSR count). The number of nitrogens with one attached hydrogen (secondary N) is 1. The maximum absolute atomic E-state index is 12.9. The van der Waals surface area contributed by atoms with E-state index in [4.69, 9.17) is 9.47 Å². The zero-order valence-electron chi connectivity index (χ0n) is 19.5. The highest BCUT2D eigenvalue weighted by atomic mass is 32.2. The van der Waals surface area contributed by atoms with Crippen LogP contribution in [0.4, 0.5) is 4.79 Å². The van der Waals surface area contributed by atoms with Gasteiger partial charge in [0.05, 0.1) is 25.0 Å². The van der Waals surface area contributed by atoms with Crippen molar-refractivity contribution in [2.45, 2.75) is 77.2 Å². The lowest BCUT2D eigenvalue weighted by Gasteiger charge is -2.41. The molecule has 0 spiro atoms. The van der Waals surface area contributed by atoms with Gasteiger partial charge in [-0.1, -0.05) is 44.2 Å². The first-order valence-corrected chi connectivity index (χ1v) is 13.7. The summed E-state index contributed by atoms with van der Waals surface area (Å²) < 4.78 is 38.4. The van der Waals surface area contributed by atoms with Crippen LogP contribution in [0.2, 0.25) is 0 Å². The van der Waals surface area contributed by atoms with E-state index in [9.17, 15) is 13.2 Å². The fourth-order valence-corrected chi connectivity index (χ4v) is 5.69. The Hall–Kier alpha value is -1.64. The Bertz CT molecular complexity index is 822. The van der Waals surface area contributed by atoms with Crippen LogP contribution in [-0.4, -0.2) is 57.0 Å². The van der Waals surface area contributed by atoms with E-state index in [1.165, 1.54) is 0 Å². The summed E-state index contributed by atoms with van der Waals surface area (Å²) >= 11 is 0. The molecule has 7 nitrogen and oxygen atoms in total. The number of hydrogen-bond donors (Lipinski definition) is 1. The van der Waals surface area contributed by atoms with Crippen molar-refractivity contribution in [2.75, 3.05) is 19.4 Å².